The molecule has 5 aliphatic rings. The molecule has 4 aliphatic carbocycles. The summed E-state index contributed by atoms with van der Waals surface area (Å²) in [7, 11) is 0. The molecule has 4 saturated carbocycles. The maximum absolute atomic E-state index is 12.6. The first-order chi connectivity index (χ1) is 12.6. The summed E-state index contributed by atoms with van der Waals surface area (Å²) < 4.78 is 11.1. The predicted molar refractivity (Wildman–Crippen MR) is 98.7 cm³/mol. The van der Waals surface area contributed by atoms with Crippen LogP contribution in [0.2, 0.25) is 5.02 Å². The zero-order valence-electron chi connectivity index (χ0n) is 14.9. The summed E-state index contributed by atoms with van der Waals surface area (Å²) in [4.78, 5) is 12.6. The molecule has 0 atom stereocenters. The molecule has 5 nitrogen and oxygen atoms in total. The first-order valence-corrected chi connectivity index (χ1v) is 10.1. The molecule has 2 amide bonds. The van der Waals surface area contributed by atoms with Gasteiger partial charge in [-0.2, -0.15) is 0 Å². The lowest BCUT2D eigenvalue weighted by Gasteiger charge is -2.56. The van der Waals surface area contributed by atoms with E-state index in [9.17, 15) is 4.79 Å². The van der Waals surface area contributed by atoms with E-state index in [4.69, 9.17) is 21.1 Å². The summed E-state index contributed by atoms with van der Waals surface area (Å²) in [5, 5.41) is 6.86. The fourth-order valence-corrected chi connectivity index (χ4v) is 6.29. The molecule has 1 aromatic rings. The average Bonchev–Trinajstić information content (AvgIpc) is 2.58. The van der Waals surface area contributed by atoms with Crippen LogP contribution in [0.15, 0.2) is 12.1 Å². The van der Waals surface area contributed by atoms with Crippen molar-refractivity contribution >= 4 is 17.6 Å². The van der Waals surface area contributed by atoms with Gasteiger partial charge in [-0.25, -0.2) is 4.79 Å². The number of halogens is 1. The van der Waals surface area contributed by atoms with Gasteiger partial charge in [0, 0.05) is 12.1 Å². The van der Waals surface area contributed by atoms with E-state index in [-0.39, 0.29) is 11.6 Å². The van der Waals surface area contributed by atoms with Crippen molar-refractivity contribution in [1.82, 2.24) is 10.6 Å². The van der Waals surface area contributed by atoms with Gasteiger partial charge < -0.3 is 20.1 Å². The third-order valence-corrected chi connectivity index (χ3v) is 6.81. The van der Waals surface area contributed by atoms with Gasteiger partial charge in [-0.15, -0.1) is 0 Å². The number of amides is 2. The molecule has 1 aliphatic heterocycles. The summed E-state index contributed by atoms with van der Waals surface area (Å²) in [6, 6.07) is 3.66. The highest BCUT2D eigenvalue weighted by molar-refractivity contribution is 6.32. The van der Waals surface area contributed by atoms with Crippen LogP contribution in [0.4, 0.5) is 4.79 Å². The molecule has 4 bridgehead atoms. The molecule has 4 fully saturated rings. The third kappa shape index (κ3) is 3.00. The van der Waals surface area contributed by atoms with Gasteiger partial charge in [0.25, 0.3) is 0 Å². The molecule has 1 heterocycles. The van der Waals surface area contributed by atoms with Crippen LogP contribution in [0.25, 0.3) is 0 Å². The van der Waals surface area contributed by atoms with E-state index in [1.54, 1.807) is 0 Å². The summed E-state index contributed by atoms with van der Waals surface area (Å²) in [6.45, 7) is 1.46. The highest BCUT2D eigenvalue weighted by Gasteiger charge is 2.51. The topological polar surface area (TPSA) is 59.6 Å². The summed E-state index contributed by atoms with van der Waals surface area (Å²) in [5.41, 5.74) is 0.948. The van der Waals surface area contributed by atoms with Gasteiger partial charge in [-0.05, 0) is 74.0 Å². The molecule has 6 rings (SSSR count). The molecule has 1 aromatic carbocycles. The van der Waals surface area contributed by atoms with Crippen LogP contribution in [0.5, 0.6) is 11.5 Å². The highest BCUT2D eigenvalue weighted by Crippen LogP contribution is 2.55. The van der Waals surface area contributed by atoms with E-state index in [0.717, 1.165) is 42.6 Å². The molecule has 2 N–H and O–H groups in total. The van der Waals surface area contributed by atoms with E-state index >= 15 is 0 Å². The lowest BCUT2D eigenvalue weighted by molar-refractivity contribution is -0.0135. The van der Waals surface area contributed by atoms with Crippen LogP contribution in [0.1, 0.15) is 44.1 Å². The maximum atomic E-state index is 12.6. The number of urea groups is 1. The minimum Gasteiger partial charge on any atom is -0.486 e. The molecule has 0 saturated heterocycles. The van der Waals surface area contributed by atoms with Crippen molar-refractivity contribution < 1.29 is 14.3 Å². The largest absolute Gasteiger partial charge is 0.486 e. The Hall–Kier alpha value is -1.62. The monoisotopic (exact) mass is 376 g/mol. The lowest BCUT2D eigenvalue weighted by Crippen LogP contribution is -2.61. The highest BCUT2D eigenvalue weighted by atomic mass is 35.5. The van der Waals surface area contributed by atoms with Crippen molar-refractivity contribution in [1.29, 1.82) is 0 Å². The number of nitrogens with one attached hydrogen (secondary N) is 2. The normalized spacial score (nSPS) is 33.8. The van der Waals surface area contributed by atoms with Gasteiger partial charge in [0.2, 0.25) is 0 Å². The Morgan fingerprint density at radius 3 is 2.42 bits per heavy atom. The second-order valence-electron chi connectivity index (χ2n) is 8.61. The number of carbonyl (C=O) groups excluding carboxylic acids is 1. The van der Waals surface area contributed by atoms with E-state index < -0.39 is 0 Å². The number of hydrogen-bond donors (Lipinski definition) is 2. The standard InChI is InChI=1S/C20H25ClN2O3/c21-16-6-15(7-17-18(16)26-2-1-25-17)11-22-19(24)23-20-8-12-3-13(9-20)5-14(4-12)10-20/h6-7,12-14H,1-5,8-11H2,(H2,22,23,24). The Morgan fingerprint density at radius 2 is 1.73 bits per heavy atom. The van der Waals surface area contributed by atoms with Crippen molar-refractivity contribution in [2.45, 2.75) is 50.6 Å². The van der Waals surface area contributed by atoms with E-state index in [2.05, 4.69) is 10.6 Å². The second-order valence-corrected chi connectivity index (χ2v) is 9.01. The second kappa shape index (κ2) is 6.22. The third-order valence-electron chi connectivity index (χ3n) is 6.53. The Labute approximate surface area is 158 Å². The molecular weight excluding hydrogens is 352 g/mol. The van der Waals surface area contributed by atoms with Crippen molar-refractivity contribution in [2.75, 3.05) is 13.2 Å². The van der Waals surface area contributed by atoms with E-state index in [0.29, 0.717) is 36.3 Å². The van der Waals surface area contributed by atoms with Crippen LogP contribution < -0.4 is 20.1 Å². The van der Waals surface area contributed by atoms with Gasteiger partial charge in [0.1, 0.15) is 13.2 Å². The summed E-state index contributed by atoms with van der Waals surface area (Å²) >= 11 is 6.27. The minimum absolute atomic E-state index is 0.0310. The molecule has 6 heteroatoms. The van der Waals surface area contributed by atoms with Gasteiger partial charge in [-0.1, -0.05) is 11.6 Å². The average molecular weight is 377 g/mol. The summed E-state index contributed by atoms with van der Waals surface area (Å²) in [5.74, 6) is 3.70. The van der Waals surface area contributed by atoms with Crippen LogP contribution >= 0.6 is 11.6 Å². The molecule has 26 heavy (non-hydrogen) atoms. The van der Waals surface area contributed by atoms with Gasteiger partial charge >= 0.3 is 6.03 Å². The Morgan fingerprint density at radius 1 is 1.08 bits per heavy atom. The lowest BCUT2D eigenvalue weighted by atomic mass is 9.53. The number of carbonyl (C=O) groups is 1. The first-order valence-electron chi connectivity index (χ1n) is 9.73. The smallest absolute Gasteiger partial charge is 0.315 e. The van der Waals surface area contributed by atoms with Gasteiger partial charge in [0.15, 0.2) is 11.5 Å². The molecule has 140 valence electrons. The zero-order valence-corrected chi connectivity index (χ0v) is 15.6. The van der Waals surface area contributed by atoms with Crippen molar-refractivity contribution in [3.63, 3.8) is 0 Å². The fraction of sp³-hybridized carbons (Fsp3) is 0.650. The molecular formula is C20H25ClN2O3. The van der Waals surface area contributed by atoms with Crippen molar-refractivity contribution in [3.8, 4) is 11.5 Å². The van der Waals surface area contributed by atoms with Crippen molar-refractivity contribution in [3.05, 3.63) is 22.7 Å². The van der Waals surface area contributed by atoms with Gasteiger partial charge in [0.05, 0.1) is 5.02 Å². The summed E-state index contributed by atoms with van der Waals surface area (Å²) in [6.07, 6.45) is 7.58. The Bertz CT molecular complexity index is 701. The van der Waals surface area contributed by atoms with Crippen LogP contribution in [0.3, 0.4) is 0 Å². The zero-order chi connectivity index (χ0) is 17.7. The molecule has 0 radical (unpaired) electrons. The number of ether oxygens (including phenoxy) is 2. The van der Waals surface area contributed by atoms with Gasteiger partial charge in [-0.3, -0.25) is 0 Å². The van der Waals surface area contributed by atoms with Crippen LogP contribution in [0, 0.1) is 17.8 Å². The maximum Gasteiger partial charge on any atom is 0.315 e. The number of benzene rings is 1. The number of rotatable bonds is 3. The molecule has 0 aromatic heterocycles. The predicted octanol–water partition coefficient (Wildman–Crippen LogP) is 3.88. The molecule has 0 spiro atoms. The Kier molecular flexibility index (Phi) is 3.96. The number of fused-ring (bicyclic) bond motifs is 1. The minimum atomic E-state index is -0.0713. The van der Waals surface area contributed by atoms with Crippen LogP contribution in [-0.4, -0.2) is 24.8 Å². The van der Waals surface area contributed by atoms with E-state index in [1.165, 1.54) is 19.3 Å². The first kappa shape index (κ1) is 16.5. The van der Waals surface area contributed by atoms with E-state index in [1.807, 2.05) is 12.1 Å². The fourth-order valence-electron chi connectivity index (χ4n) is 6.00. The quantitative estimate of drug-likeness (QED) is 0.841. The Balaban J connectivity index is 1.22. The van der Waals surface area contributed by atoms with Crippen LogP contribution in [-0.2, 0) is 6.54 Å². The SMILES string of the molecule is O=C(NCc1cc(Cl)c2c(c1)OCCO2)NC12CC3CC(CC(C3)C1)C2. The van der Waals surface area contributed by atoms with Crippen molar-refractivity contribution in [2.24, 2.45) is 17.8 Å². The molecule has 0 unspecified atom stereocenters. The number of hydrogen-bond acceptors (Lipinski definition) is 3.